The molecule has 2 aromatic carbocycles. The molecule has 0 fully saturated rings. The minimum Gasteiger partial charge on any atom is -0.478 e. The van der Waals surface area contributed by atoms with Gasteiger partial charge in [0, 0.05) is 17.5 Å². The van der Waals surface area contributed by atoms with Gasteiger partial charge in [-0.15, -0.1) is 0 Å². The van der Waals surface area contributed by atoms with Crippen LogP contribution in [-0.4, -0.2) is 46.5 Å². The fourth-order valence-corrected chi connectivity index (χ4v) is 2.08. The van der Waals surface area contributed by atoms with Crippen LogP contribution in [0, 0.1) is 0 Å². The van der Waals surface area contributed by atoms with E-state index < -0.39 is 24.6 Å². The third kappa shape index (κ3) is 3.18. The highest BCUT2D eigenvalue weighted by Crippen LogP contribution is 2.23. The van der Waals surface area contributed by atoms with Crippen LogP contribution in [0.1, 0.15) is 20.7 Å². The van der Waals surface area contributed by atoms with E-state index in [1.165, 1.54) is 12.1 Å². The number of aliphatic hydroxyl groups excluding tert-OH is 2. The molecule has 2 rings (SSSR count). The van der Waals surface area contributed by atoms with Gasteiger partial charge in [-0.3, -0.25) is 4.79 Å². The van der Waals surface area contributed by atoms with Gasteiger partial charge >= 0.3 is 5.97 Å². The molecular formula is C15H15NO5. The van der Waals surface area contributed by atoms with Crippen LogP contribution in [0.2, 0.25) is 0 Å². The van der Waals surface area contributed by atoms with Crippen molar-refractivity contribution in [2.24, 2.45) is 0 Å². The largest absolute Gasteiger partial charge is 0.478 e. The van der Waals surface area contributed by atoms with E-state index in [1.54, 1.807) is 24.3 Å². The summed E-state index contributed by atoms with van der Waals surface area (Å²) < 4.78 is 0. The lowest BCUT2D eigenvalue weighted by Crippen LogP contribution is -2.34. The number of carbonyl (C=O) groups is 2. The summed E-state index contributed by atoms with van der Waals surface area (Å²) in [5.74, 6) is -1.61. The van der Waals surface area contributed by atoms with Crippen molar-refractivity contribution in [2.45, 2.75) is 6.10 Å². The smallest absolute Gasteiger partial charge is 0.336 e. The lowest BCUT2D eigenvalue weighted by molar-refractivity contribution is 0.0699. The Morgan fingerprint density at radius 1 is 1.10 bits per heavy atom. The molecule has 1 amide bonds. The van der Waals surface area contributed by atoms with Crippen molar-refractivity contribution >= 4 is 22.6 Å². The summed E-state index contributed by atoms with van der Waals surface area (Å²) >= 11 is 0. The van der Waals surface area contributed by atoms with Gasteiger partial charge in [-0.1, -0.05) is 24.3 Å². The van der Waals surface area contributed by atoms with Crippen LogP contribution in [0.4, 0.5) is 0 Å². The number of carboxylic acid groups (broad SMARTS) is 1. The van der Waals surface area contributed by atoms with Gasteiger partial charge in [0.05, 0.1) is 18.3 Å². The van der Waals surface area contributed by atoms with E-state index >= 15 is 0 Å². The first kappa shape index (κ1) is 15.0. The normalized spacial score (nSPS) is 12.1. The monoisotopic (exact) mass is 289 g/mol. The lowest BCUT2D eigenvalue weighted by Gasteiger charge is -2.12. The summed E-state index contributed by atoms with van der Waals surface area (Å²) in [7, 11) is 0. The number of amides is 1. The highest BCUT2D eigenvalue weighted by molar-refractivity contribution is 6.14. The van der Waals surface area contributed by atoms with Crippen LogP contribution < -0.4 is 5.32 Å². The molecule has 0 bridgehead atoms. The highest BCUT2D eigenvalue weighted by atomic mass is 16.4. The van der Waals surface area contributed by atoms with Crippen LogP contribution in [0.15, 0.2) is 36.4 Å². The zero-order valence-electron chi connectivity index (χ0n) is 11.1. The zero-order valence-corrected chi connectivity index (χ0v) is 11.1. The van der Waals surface area contributed by atoms with E-state index in [0.29, 0.717) is 10.8 Å². The molecule has 0 saturated carbocycles. The maximum atomic E-state index is 12.2. The standard InChI is InChI=1S/C15H15NO5/c17-8-10(18)7-16-14(19)11-5-1-3-9-4-2-6-12(13(9)11)15(20)21/h1-6,10,17-18H,7-8H2,(H,16,19)(H,20,21). The Kier molecular flexibility index (Phi) is 4.52. The van der Waals surface area contributed by atoms with Gasteiger partial charge in [0.2, 0.25) is 0 Å². The number of hydrogen-bond donors (Lipinski definition) is 4. The van der Waals surface area contributed by atoms with Crippen LogP contribution in [-0.2, 0) is 0 Å². The second kappa shape index (κ2) is 6.34. The molecule has 21 heavy (non-hydrogen) atoms. The number of rotatable bonds is 5. The van der Waals surface area contributed by atoms with Crippen molar-refractivity contribution in [3.05, 3.63) is 47.5 Å². The maximum absolute atomic E-state index is 12.2. The number of aliphatic hydroxyl groups is 2. The average molecular weight is 289 g/mol. The lowest BCUT2D eigenvalue weighted by atomic mass is 9.98. The maximum Gasteiger partial charge on any atom is 0.336 e. The van der Waals surface area contributed by atoms with Crippen molar-refractivity contribution in [1.29, 1.82) is 0 Å². The number of nitrogens with one attached hydrogen (secondary N) is 1. The van der Waals surface area contributed by atoms with Crippen molar-refractivity contribution in [3.8, 4) is 0 Å². The predicted molar refractivity (Wildman–Crippen MR) is 76.3 cm³/mol. The molecule has 1 atom stereocenters. The van der Waals surface area contributed by atoms with E-state index in [4.69, 9.17) is 5.11 Å². The minimum absolute atomic E-state index is 0.0426. The molecular weight excluding hydrogens is 274 g/mol. The molecule has 0 aliphatic carbocycles. The van der Waals surface area contributed by atoms with E-state index in [-0.39, 0.29) is 17.7 Å². The Morgan fingerprint density at radius 3 is 2.29 bits per heavy atom. The Balaban J connectivity index is 2.44. The number of carbonyl (C=O) groups excluding carboxylic acids is 1. The number of hydrogen-bond acceptors (Lipinski definition) is 4. The molecule has 0 saturated heterocycles. The number of carboxylic acids is 1. The average Bonchev–Trinajstić information content (AvgIpc) is 2.50. The molecule has 6 nitrogen and oxygen atoms in total. The fraction of sp³-hybridized carbons (Fsp3) is 0.200. The second-order valence-electron chi connectivity index (χ2n) is 4.56. The zero-order chi connectivity index (χ0) is 15.4. The summed E-state index contributed by atoms with van der Waals surface area (Å²) in [6, 6.07) is 9.68. The van der Waals surface area contributed by atoms with Crippen LogP contribution in [0.3, 0.4) is 0 Å². The molecule has 6 heteroatoms. The van der Waals surface area contributed by atoms with Crippen LogP contribution in [0.5, 0.6) is 0 Å². The Hall–Kier alpha value is -2.44. The van der Waals surface area contributed by atoms with Crippen LogP contribution >= 0.6 is 0 Å². The Morgan fingerprint density at radius 2 is 1.71 bits per heavy atom. The molecule has 0 radical (unpaired) electrons. The van der Waals surface area contributed by atoms with Gasteiger partial charge in [0.25, 0.3) is 5.91 Å². The molecule has 2 aromatic rings. The number of fused-ring (bicyclic) bond motifs is 1. The molecule has 1 unspecified atom stereocenters. The predicted octanol–water partition coefficient (Wildman–Crippen LogP) is 0.621. The summed E-state index contributed by atoms with van der Waals surface area (Å²) in [4.78, 5) is 23.5. The molecule has 0 spiro atoms. The molecule has 0 aliphatic heterocycles. The number of aromatic carboxylic acids is 1. The topological polar surface area (TPSA) is 107 Å². The number of benzene rings is 2. The van der Waals surface area contributed by atoms with Gasteiger partial charge in [-0.2, -0.15) is 0 Å². The Labute approximate surface area is 120 Å². The highest BCUT2D eigenvalue weighted by Gasteiger charge is 2.16. The summed E-state index contributed by atoms with van der Waals surface area (Å²) in [5.41, 5.74) is 0.261. The molecule has 0 heterocycles. The van der Waals surface area contributed by atoms with Gasteiger partial charge < -0.3 is 20.6 Å². The van der Waals surface area contributed by atoms with Gasteiger partial charge in [0.15, 0.2) is 0 Å². The fourth-order valence-electron chi connectivity index (χ4n) is 2.08. The third-order valence-corrected chi connectivity index (χ3v) is 3.09. The third-order valence-electron chi connectivity index (χ3n) is 3.09. The van der Waals surface area contributed by atoms with E-state index in [2.05, 4.69) is 5.32 Å². The van der Waals surface area contributed by atoms with E-state index in [0.717, 1.165) is 0 Å². The summed E-state index contributed by atoms with van der Waals surface area (Å²) in [6.07, 6.45) is -1.05. The molecule has 110 valence electrons. The van der Waals surface area contributed by atoms with Crippen molar-refractivity contribution in [1.82, 2.24) is 5.32 Å². The van der Waals surface area contributed by atoms with Crippen LogP contribution in [0.25, 0.3) is 10.8 Å². The SMILES string of the molecule is O=C(O)c1cccc2cccc(C(=O)NCC(O)CO)c12. The van der Waals surface area contributed by atoms with Gasteiger partial charge in [0.1, 0.15) is 0 Å². The van der Waals surface area contributed by atoms with Crippen molar-refractivity contribution in [3.63, 3.8) is 0 Å². The quantitative estimate of drug-likeness (QED) is 0.645. The second-order valence-corrected chi connectivity index (χ2v) is 4.56. The summed E-state index contributed by atoms with van der Waals surface area (Å²) in [5, 5.41) is 30.7. The first-order chi connectivity index (χ1) is 10.0. The molecule has 0 aliphatic rings. The van der Waals surface area contributed by atoms with E-state index in [9.17, 15) is 19.8 Å². The molecule has 4 N–H and O–H groups in total. The first-order valence-corrected chi connectivity index (χ1v) is 6.36. The van der Waals surface area contributed by atoms with Gasteiger partial charge in [-0.05, 0) is 17.5 Å². The Bertz CT molecular complexity index is 678. The van der Waals surface area contributed by atoms with E-state index in [1.807, 2.05) is 0 Å². The first-order valence-electron chi connectivity index (χ1n) is 6.36. The van der Waals surface area contributed by atoms with Crippen molar-refractivity contribution < 1.29 is 24.9 Å². The minimum atomic E-state index is -1.11. The van der Waals surface area contributed by atoms with Gasteiger partial charge in [-0.25, -0.2) is 4.79 Å². The molecule has 0 aromatic heterocycles. The summed E-state index contributed by atoms with van der Waals surface area (Å²) in [6.45, 7) is -0.572. The van der Waals surface area contributed by atoms with Crippen molar-refractivity contribution in [2.75, 3.05) is 13.2 Å².